The number of hydrogen-bond acceptors (Lipinski definition) is 7. The third kappa shape index (κ3) is 2.78. The van der Waals surface area contributed by atoms with Crippen molar-refractivity contribution in [2.24, 2.45) is 0 Å². The number of aromatic nitrogens is 6. The molecule has 0 unspecified atom stereocenters. The van der Waals surface area contributed by atoms with Gasteiger partial charge < -0.3 is 5.32 Å². The molecule has 2 heterocycles. The molecule has 0 bridgehead atoms. The number of anilines is 1. The van der Waals surface area contributed by atoms with Gasteiger partial charge in [-0.25, -0.2) is 4.68 Å². The third-order valence-electron chi connectivity index (χ3n) is 3.88. The molecule has 0 radical (unpaired) electrons. The first kappa shape index (κ1) is 14.9. The maximum atomic E-state index is 12.3. The number of carbonyl (C=O) groups excluding carboxylic acids is 1. The van der Waals surface area contributed by atoms with E-state index in [0.29, 0.717) is 23.0 Å². The van der Waals surface area contributed by atoms with Gasteiger partial charge in [-0.2, -0.15) is 0 Å². The highest BCUT2D eigenvalue weighted by atomic mass is 32.1. The summed E-state index contributed by atoms with van der Waals surface area (Å²) in [5.41, 5.74) is 2.36. The van der Waals surface area contributed by atoms with Gasteiger partial charge in [0.15, 0.2) is 5.82 Å². The first-order valence-corrected chi connectivity index (χ1v) is 8.54. The van der Waals surface area contributed by atoms with Crippen LogP contribution in [-0.2, 0) is 6.42 Å². The summed E-state index contributed by atoms with van der Waals surface area (Å²) in [4.78, 5) is 12.9. The maximum absolute atomic E-state index is 12.3. The van der Waals surface area contributed by atoms with Gasteiger partial charge in [0.2, 0.25) is 0 Å². The summed E-state index contributed by atoms with van der Waals surface area (Å²) in [7, 11) is 0. The number of nitrogens with one attached hydrogen (secondary N) is 1. The van der Waals surface area contributed by atoms with Crippen LogP contribution >= 0.6 is 11.5 Å². The van der Waals surface area contributed by atoms with E-state index in [4.69, 9.17) is 0 Å². The summed E-state index contributed by atoms with van der Waals surface area (Å²) in [6.45, 7) is 1.95. The molecule has 0 atom stereocenters. The molecule has 1 saturated carbocycles. The van der Waals surface area contributed by atoms with Crippen molar-refractivity contribution in [1.29, 1.82) is 0 Å². The molecule has 2 aromatic heterocycles. The second-order valence-electron chi connectivity index (χ2n) is 5.61. The average molecular weight is 341 g/mol. The molecule has 0 spiro atoms. The lowest BCUT2D eigenvalue weighted by Gasteiger charge is -2.06. The van der Waals surface area contributed by atoms with Crippen molar-refractivity contribution in [1.82, 2.24) is 29.8 Å². The molecule has 1 fully saturated rings. The van der Waals surface area contributed by atoms with E-state index in [1.54, 1.807) is 0 Å². The van der Waals surface area contributed by atoms with Gasteiger partial charge in [-0.15, -0.1) is 10.2 Å². The third-order valence-corrected chi connectivity index (χ3v) is 4.65. The molecule has 3 aromatic rings. The zero-order valence-electron chi connectivity index (χ0n) is 13.0. The molecule has 8 nitrogen and oxygen atoms in total. The molecule has 0 saturated heterocycles. The topological polar surface area (TPSA) is 98.5 Å². The number of benzene rings is 1. The lowest BCUT2D eigenvalue weighted by Crippen LogP contribution is -2.12. The maximum Gasteiger partial charge on any atom is 0.269 e. The molecular formula is C15H15N7OS. The highest BCUT2D eigenvalue weighted by Crippen LogP contribution is 2.36. The summed E-state index contributed by atoms with van der Waals surface area (Å²) in [6.07, 6.45) is 2.92. The van der Waals surface area contributed by atoms with Gasteiger partial charge in [0, 0.05) is 11.3 Å². The van der Waals surface area contributed by atoms with Crippen molar-refractivity contribution < 1.29 is 4.79 Å². The van der Waals surface area contributed by atoms with E-state index in [1.165, 1.54) is 0 Å². The van der Waals surface area contributed by atoms with Crippen molar-refractivity contribution in [3.63, 3.8) is 0 Å². The Morgan fingerprint density at radius 2 is 2.08 bits per heavy atom. The van der Waals surface area contributed by atoms with Gasteiger partial charge in [0.1, 0.15) is 4.88 Å². The molecule has 0 aliphatic heterocycles. The van der Waals surface area contributed by atoms with Crippen LogP contribution in [0.2, 0.25) is 0 Å². The molecular weight excluding hydrogens is 326 g/mol. The zero-order valence-corrected chi connectivity index (χ0v) is 13.8. The van der Waals surface area contributed by atoms with Crippen LogP contribution < -0.4 is 5.32 Å². The standard InChI is InChI=1S/C15H15N7OS/c1-2-12-13(24-21-17-12)15(23)16-10-5-3-9(4-6-10)14-18-19-20-22(14)11-7-8-11/h3-6,11H,2,7-8H2,1H3,(H,16,23). The summed E-state index contributed by atoms with van der Waals surface area (Å²) in [5.74, 6) is 0.577. The number of carbonyl (C=O) groups is 1. The van der Waals surface area contributed by atoms with Gasteiger partial charge >= 0.3 is 0 Å². The molecule has 4 rings (SSSR count). The lowest BCUT2D eigenvalue weighted by atomic mass is 10.2. The Balaban J connectivity index is 1.51. The Morgan fingerprint density at radius 3 is 2.79 bits per heavy atom. The normalized spacial score (nSPS) is 13.9. The van der Waals surface area contributed by atoms with Gasteiger partial charge in [0.05, 0.1) is 11.7 Å². The van der Waals surface area contributed by atoms with E-state index >= 15 is 0 Å². The quantitative estimate of drug-likeness (QED) is 0.765. The number of aryl methyl sites for hydroxylation is 1. The van der Waals surface area contributed by atoms with Crippen LogP contribution in [0.15, 0.2) is 24.3 Å². The Kier molecular flexibility index (Phi) is 3.77. The summed E-state index contributed by atoms with van der Waals surface area (Å²) >= 11 is 1.11. The SMILES string of the molecule is CCc1nnsc1C(=O)Nc1ccc(-c2nnnn2C2CC2)cc1. The monoisotopic (exact) mass is 341 g/mol. The van der Waals surface area contributed by atoms with Crippen LogP contribution in [0.4, 0.5) is 5.69 Å². The Labute approximate surface area is 142 Å². The summed E-state index contributed by atoms with van der Waals surface area (Å²) < 4.78 is 5.71. The average Bonchev–Trinajstić information content (AvgIpc) is 3.13. The lowest BCUT2D eigenvalue weighted by molar-refractivity contribution is 0.102. The minimum atomic E-state index is -0.183. The summed E-state index contributed by atoms with van der Waals surface area (Å²) in [6, 6.07) is 7.93. The first-order valence-electron chi connectivity index (χ1n) is 7.77. The molecule has 122 valence electrons. The van der Waals surface area contributed by atoms with E-state index in [-0.39, 0.29) is 5.91 Å². The van der Waals surface area contributed by atoms with Crippen LogP contribution in [0.25, 0.3) is 11.4 Å². The van der Waals surface area contributed by atoms with Gasteiger partial charge in [-0.05, 0) is 65.5 Å². The number of amides is 1. The highest BCUT2D eigenvalue weighted by molar-refractivity contribution is 7.08. The molecule has 1 aliphatic rings. The van der Waals surface area contributed by atoms with Crippen LogP contribution in [0.5, 0.6) is 0 Å². The Hall–Kier alpha value is -2.68. The van der Waals surface area contributed by atoms with Crippen molar-refractivity contribution in [2.75, 3.05) is 5.32 Å². The molecule has 1 amide bonds. The first-order chi connectivity index (χ1) is 11.8. The number of rotatable bonds is 5. The number of hydrogen-bond donors (Lipinski definition) is 1. The van der Waals surface area contributed by atoms with Gasteiger partial charge in [0.25, 0.3) is 5.91 Å². The number of nitrogens with zero attached hydrogens (tertiary/aromatic N) is 6. The smallest absolute Gasteiger partial charge is 0.269 e. The van der Waals surface area contributed by atoms with E-state index < -0.39 is 0 Å². The van der Waals surface area contributed by atoms with Gasteiger partial charge in [-0.1, -0.05) is 11.4 Å². The Morgan fingerprint density at radius 1 is 1.29 bits per heavy atom. The molecule has 1 aromatic carbocycles. The number of tetrazole rings is 1. The molecule has 9 heteroatoms. The van der Waals surface area contributed by atoms with Crippen LogP contribution in [0.1, 0.15) is 41.2 Å². The van der Waals surface area contributed by atoms with Crippen LogP contribution in [0.3, 0.4) is 0 Å². The van der Waals surface area contributed by atoms with E-state index in [0.717, 1.165) is 41.5 Å². The molecule has 24 heavy (non-hydrogen) atoms. The zero-order chi connectivity index (χ0) is 16.5. The van der Waals surface area contributed by atoms with Crippen LogP contribution in [-0.4, -0.2) is 35.7 Å². The second kappa shape index (κ2) is 6.08. The fourth-order valence-electron chi connectivity index (χ4n) is 2.45. The van der Waals surface area contributed by atoms with Gasteiger partial charge in [-0.3, -0.25) is 4.79 Å². The minimum absolute atomic E-state index is 0.183. The predicted octanol–water partition coefficient (Wildman–Crippen LogP) is 2.34. The van der Waals surface area contributed by atoms with E-state index in [2.05, 4.69) is 30.4 Å². The minimum Gasteiger partial charge on any atom is -0.321 e. The largest absolute Gasteiger partial charge is 0.321 e. The molecule has 1 aliphatic carbocycles. The highest BCUT2D eigenvalue weighted by Gasteiger charge is 2.28. The van der Waals surface area contributed by atoms with Crippen molar-refractivity contribution in [3.05, 3.63) is 34.8 Å². The van der Waals surface area contributed by atoms with E-state index in [1.807, 2.05) is 35.9 Å². The fourth-order valence-corrected chi connectivity index (χ4v) is 3.10. The predicted molar refractivity (Wildman–Crippen MR) is 88.8 cm³/mol. The van der Waals surface area contributed by atoms with Crippen molar-refractivity contribution in [2.45, 2.75) is 32.2 Å². The molecule has 1 N–H and O–H groups in total. The fraction of sp³-hybridized carbons (Fsp3) is 0.333. The summed E-state index contributed by atoms with van der Waals surface area (Å²) in [5, 5.41) is 18.8. The van der Waals surface area contributed by atoms with Crippen LogP contribution in [0, 0.1) is 0 Å². The second-order valence-corrected chi connectivity index (χ2v) is 6.37. The Bertz CT molecular complexity index is 866. The van der Waals surface area contributed by atoms with E-state index in [9.17, 15) is 4.79 Å². The van der Waals surface area contributed by atoms with Crippen molar-refractivity contribution >= 4 is 23.1 Å². The van der Waals surface area contributed by atoms with Crippen molar-refractivity contribution in [3.8, 4) is 11.4 Å².